The molecule has 0 aliphatic rings. The Hall–Kier alpha value is -2.23. The van der Waals surface area contributed by atoms with Gasteiger partial charge in [0.15, 0.2) is 11.6 Å². The number of nitrogen functional groups attached to an aromatic ring is 1. The van der Waals surface area contributed by atoms with Crippen molar-refractivity contribution in [1.29, 1.82) is 0 Å². The number of benzene rings is 2. The van der Waals surface area contributed by atoms with E-state index in [1.165, 1.54) is 0 Å². The van der Waals surface area contributed by atoms with Crippen LogP contribution in [0.2, 0.25) is 0 Å². The molecule has 0 fully saturated rings. The summed E-state index contributed by atoms with van der Waals surface area (Å²) in [5.41, 5.74) is 5.99. The van der Waals surface area contributed by atoms with E-state index in [1.807, 2.05) is 13.8 Å². The van der Waals surface area contributed by atoms with E-state index in [-0.39, 0.29) is 11.3 Å². The minimum Gasteiger partial charge on any atom is -0.396 e. The number of nitrogens with two attached hydrogens (primary N) is 1. The van der Waals surface area contributed by atoms with Crippen molar-refractivity contribution in [2.45, 2.75) is 19.8 Å². The highest BCUT2D eigenvalue weighted by Crippen LogP contribution is 2.22. The first-order valence-electron chi connectivity index (χ1n) is 6.29. The summed E-state index contributed by atoms with van der Waals surface area (Å²) in [6.07, 6.45) is 0. The summed E-state index contributed by atoms with van der Waals surface area (Å²) in [7, 11) is 0. The van der Waals surface area contributed by atoms with Crippen LogP contribution in [0.1, 0.15) is 41.3 Å². The Morgan fingerprint density at radius 3 is 2.25 bits per heavy atom. The fourth-order valence-corrected chi connectivity index (χ4v) is 1.95. The van der Waals surface area contributed by atoms with Crippen LogP contribution in [0, 0.1) is 11.6 Å². The fourth-order valence-electron chi connectivity index (χ4n) is 1.95. The van der Waals surface area contributed by atoms with Gasteiger partial charge in [0.1, 0.15) is 5.82 Å². The Morgan fingerprint density at radius 2 is 1.70 bits per heavy atom. The molecular weight excluding hydrogens is 260 g/mol. The van der Waals surface area contributed by atoms with Gasteiger partial charge in [-0.2, -0.15) is 0 Å². The fraction of sp³-hybridized carbons (Fsp3) is 0.188. The van der Waals surface area contributed by atoms with Gasteiger partial charge in [0.05, 0.1) is 11.3 Å². The van der Waals surface area contributed by atoms with Gasteiger partial charge in [-0.3, -0.25) is 4.79 Å². The minimum absolute atomic E-state index is 0.304. The Labute approximate surface area is 116 Å². The number of hydrogen-bond donors (Lipinski definition) is 1. The molecule has 0 aliphatic heterocycles. The normalized spacial score (nSPS) is 10.8. The molecule has 0 amide bonds. The van der Waals surface area contributed by atoms with Gasteiger partial charge in [-0.15, -0.1) is 0 Å². The molecule has 0 heterocycles. The maximum absolute atomic E-state index is 13.8. The lowest BCUT2D eigenvalue weighted by Gasteiger charge is -2.08. The number of halogens is 2. The predicted molar refractivity (Wildman–Crippen MR) is 74.7 cm³/mol. The van der Waals surface area contributed by atoms with Crippen molar-refractivity contribution < 1.29 is 13.6 Å². The molecule has 104 valence electrons. The highest BCUT2D eigenvalue weighted by Gasteiger charge is 2.17. The molecule has 0 aromatic heterocycles. The number of hydrogen-bond acceptors (Lipinski definition) is 2. The largest absolute Gasteiger partial charge is 0.396 e. The lowest BCUT2D eigenvalue weighted by atomic mass is 9.97. The summed E-state index contributed by atoms with van der Waals surface area (Å²) < 4.78 is 27.1. The van der Waals surface area contributed by atoms with Crippen LogP contribution in [0.25, 0.3) is 0 Å². The molecular formula is C16H15F2NO. The van der Waals surface area contributed by atoms with Gasteiger partial charge < -0.3 is 5.73 Å². The van der Waals surface area contributed by atoms with Crippen LogP contribution in [-0.4, -0.2) is 5.78 Å². The average Bonchev–Trinajstić information content (AvgIpc) is 2.42. The molecule has 20 heavy (non-hydrogen) atoms. The zero-order valence-electron chi connectivity index (χ0n) is 11.3. The van der Waals surface area contributed by atoms with Gasteiger partial charge in [0, 0.05) is 5.56 Å². The molecule has 0 unspecified atom stereocenters. The third-order valence-corrected chi connectivity index (χ3v) is 3.15. The standard InChI is InChI=1S/C16H15F2NO/c1-9(2)10-3-5-11(6-4-10)16(20)13-7-12(17)8-14(19)15(13)18/h3-9H,19H2,1-2H3. The quantitative estimate of drug-likeness (QED) is 0.682. The van der Waals surface area contributed by atoms with Crippen molar-refractivity contribution in [3.8, 4) is 0 Å². The Morgan fingerprint density at radius 1 is 1.10 bits per heavy atom. The third kappa shape index (κ3) is 2.69. The van der Waals surface area contributed by atoms with Gasteiger partial charge >= 0.3 is 0 Å². The molecule has 2 aromatic carbocycles. The zero-order chi connectivity index (χ0) is 14.9. The van der Waals surface area contributed by atoms with Gasteiger partial charge in [0.25, 0.3) is 0 Å². The summed E-state index contributed by atoms with van der Waals surface area (Å²) in [5, 5.41) is 0. The predicted octanol–water partition coefficient (Wildman–Crippen LogP) is 3.90. The van der Waals surface area contributed by atoms with Crippen molar-refractivity contribution >= 4 is 11.5 Å². The van der Waals surface area contributed by atoms with E-state index in [4.69, 9.17) is 5.73 Å². The molecule has 0 spiro atoms. The Kier molecular flexibility index (Phi) is 3.84. The van der Waals surface area contributed by atoms with Crippen LogP contribution < -0.4 is 5.73 Å². The van der Waals surface area contributed by atoms with Crippen LogP contribution >= 0.6 is 0 Å². The molecule has 0 saturated heterocycles. The van der Waals surface area contributed by atoms with E-state index in [2.05, 4.69) is 0 Å². The number of ketones is 1. The molecule has 0 saturated carbocycles. The Balaban J connectivity index is 2.41. The van der Waals surface area contributed by atoms with Crippen LogP contribution in [0.4, 0.5) is 14.5 Å². The van der Waals surface area contributed by atoms with Crippen molar-refractivity contribution in [2.24, 2.45) is 0 Å². The van der Waals surface area contributed by atoms with Crippen LogP contribution in [-0.2, 0) is 0 Å². The molecule has 0 aliphatic carbocycles. The van der Waals surface area contributed by atoms with E-state index < -0.39 is 17.4 Å². The lowest BCUT2D eigenvalue weighted by molar-refractivity contribution is 0.103. The minimum atomic E-state index is -0.885. The number of carbonyl (C=O) groups is 1. The lowest BCUT2D eigenvalue weighted by Crippen LogP contribution is -2.07. The van der Waals surface area contributed by atoms with E-state index in [1.54, 1.807) is 24.3 Å². The molecule has 2 rings (SSSR count). The number of anilines is 1. The second kappa shape index (κ2) is 5.41. The van der Waals surface area contributed by atoms with Crippen LogP contribution in [0.3, 0.4) is 0 Å². The summed E-state index contributed by atoms with van der Waals surface area (Å²) in [4.78, 5) is 12.2. The SMILES string of the molecule is CC(C)c1ccc(C(=O)c2cc(F)cc(N)c2F)cc1. The van der Waals surface area contributed by atoms with Gasteiger partial charge in [-0.1, -0.05) is 38.1 Å². The highest BCUT2D eigenvalue weighted by molar-refractivity contribution is 6.09. The highest BCUT2D eigenvalue weighted by atomic mass is 19.1. The first-order chi connectivity index (χ1) is 9.40. The average molecular weight is 275 g/mol. The van der Waals surface area contributed by atoms with Crippen molar-refractivity contribution in [3.05, 3.63) is 64.7 Å². The van der Waals surface area contributed by atoms with Gasteiger partial charge in [-0.25, -0.2) is 8.78 Å². The maximum atomic E-state index is 13.8. The van der Waals surface area contributed by atoms with E-state index in [0.717, 1.165) is 17.7 Å². The second-order valence-corrected chi connectivity index (χ2v) is 4.96. The zero-order valence-corrected chi connectivity index (χ0v) is 11.3. The molecule has 2 aromatic rings. The topological polar surface area (TPSA) is 43.1 Å². The van der Waals surface area contributed by atoms with Crippen LogP contribution in [0.5, 0.6) is 0 Å². The number of rotatable bonds is 3. The van der Waals surface area contributed by atoms with E-state index in [9.17, 15) is 13.6 Å². The maximum Gasteiger partial charge on any atom is 0.196 e. The summed E-state index contributed by atoms with van der Waals surface area (Å²) in [6.45, 7) is 4.06. The number of carbonyl (C=O) groups excluding carboxylic acids is 1. The molecule has 2 N–H and O–H groups in total. The van der Waals surface area contributed by atoms with Crippen molar-refractivity contribution in [3.63, 3.8) is 0 Å². The van der Waals surface area contributed by atoms with Crippen molar-refractivity contribution in [2.75, 3.05) is 5.73 Å². The smallest absolute Gasteiger partial charge is 0.196 e. The monoisotopic (exact) mass is 275 g/mol. The Bertz CT molecular complexity index is 648. The summed E-state index contributed by atoms with van der Waals surface area (Å²) >= 11 is 0. The summed E-state index contributed by atoms with van der Waals surface area (Å²) in [5.74, 6) is -1.86. The molecule has 0 bridgehead atoms. The van der Waals surface area contributed by atoms with Crippen molar-refractivity contribution in [1.82, 2.24) is 0 Å². The first-order valence-corrected chi connectivity index (χ1v) is 6.29. The van der Waals surface area contributed by atoms with E-state index in [0.29, 0.717) is 11.5 Å². The van der Waals surface area contributed by atoms with Crippen LogP contribution in [0.15, 0.2) is 36.4 Å². The molecule has 4 heteroatoms. The molecule has 2 nitrogen and oxygen atoms in total. The molecule has 0 radical (unpaired) electrons. The second-order valence-electron chi connectivity index (χ2n) is 4.96. The van der Waals surface area contributed by atoms with Gasteiger partial charge in [0.2, 0.25) is 0 Å². The first kappa shape index (κ1) is 14.2. The molecule has 0 atom stereocenters. The summed E-state index contributed by atoms with van der Waals surface area (Å²) in [6, 6.07) is 8.55. The van der Waals surface area contributed by atoms with E-state index >= 15 is 0 Å². The third-order valence-electron chi connectivity index (χ3n) is 3.15. The van der Waals surface area contributed by atoms with Gasteiger partial charge in [-0.05, 0) is 23.6 Å².